The van der Waals surface area contributed by atoms with Crippen LogP contribution in [0.2, 0.25) is 10.0 Å². The summed E-state index contributed by atoms with van der Waals surface area (Å²) in [6, 6.07) is 2.28. The van der Waals surface area contributed by atoms with Crippen LogP contribution in [0.3, 0.4) is 0 Å². The Labute approximate surface area is 255 Å². The molecule has 2 amide bonds. The lowest BCUT2D eigenvalue weighted by Crippen LogP contribution is -2.45. The number of fused-ring (bicyclic) bond motifs is 2. The summed E-state index contributed by atoms with van der Waals surface area (Å²) in [5.74, 6) is -0.696. The van der Waals surface area contributed by atoms with Crippen molar-refractivity contribution in [2.45, 2.75) is 32.4 Å². The van der Waals surface area contributed by atoms with Gasteiger partial charge in [0.05, 0.1) is 50.6 Å². The predicted octanol–water partition coefficient (Wildman–Crippen LogP) is 3.52. The summed E-state index contributed by atoms with van der Waals surface area (Å²) in [6.07, 6.45) is 3.06. The van der Waals surface area contributed by atoms with Gasteiger partial charge in [-0.05, 0) is 42.0 Å². The predicted molar refractivity (Wildman–Crippen MR) is 160 cm³/mol. The lowest BCUT2D eigenvalue weighted by Gasteiger charge is -2.30. The summed E-state index contributed by atoms with van der Waals surface area (Å²) >= 11 is 14.6. The molecule has 0 radical (unpaired) electrons. The van der Waals surface area contributed by atoms with E-state index in [0.717, 1.165) is 40.9 Å². The number of ether oxygens (including phenoxy) is 1. The number of likely N-dealkylation sites (tertiary alicyclic amines) is 1. The second-order valence-electron chi connectivity index (χ2n) is 10.2. The van der Waals surface area contributed by atoms with Crippen LogP contribution in [0.15, 0.2) is 23.3 Å². The van der Waals surface area contributed by atoms with Gasteiger partial charge in [-0.2, -0.15) is 16.6 Å². The minimum absolute atomic E-state index is 0.0302. The summed E-state index contributed by atoms with van der Waals surface area (Å²) in [7, 11) is 1.21. The Balaban J connectivity index is 1.32. The maximum atomic E-state index is 13.4. The van der Waals surface area contributed by atoms with Crippen LogP contribution >= 0.6 is 34.5 Å². The summed E-state index contributed by atoms with van der Waals surface area (Å²) in [5, 5.41) is 9.75. The van der Waals surface area contributed by atoms with E-state index in [-0.39, 0.29) is 34.6 Å². The van der Waals surface area contributed by atoms with Crippen molar-refractivity contribution in [2.24, 2.45) is 10.9 Å². The molecule has 0 aliphatic carbocycles. The Morgan fingerprint density at radius 3 is 2.81 bits per heavy atom. The van der Waals surface area contributed by atoms with Gasteiger partial charge in [0.2, 0.25) is 0 Å². The molecule has 15 heteroatoms. The zero-order valence-corrected chi connectivity index (χ0v) is 25.2. The van der Waals surface area contributed by atoms with E-state index >= 15 is 0 Å². The number of benzene rings is 1. The number of aromatic amines is 1. The molecule has 2 aliphatic heterocycles. The summed E-state index contributed by atoms with van der Waals surface area (Å²) < 4.78 is 5.80. The molecule has 3 N–H and O–H groups in total. The normalized spacial score (nSPS) is 17.5. The van der Waals surface area contributed by atoms with E-state index in [1.807, 2.05) is 4.90 Å². The molecule has 1 saturated heterocycles. The molecule has 0 spiro atoms. The molecule has 0 saturated carbocycles. The minimum atomic E-state index is -1.15. The molecule has 4 heterocycles. The van der Waals surface area contributed by atoms with Gasteiger partial charge in [-0.1, -0.05) is 35.6 Å². The number of thiophene rings is 1. The third-order valence-corrected chi connectivity index (χ3v) is 9.12. The van der Waals surface area contributed by atoms with Crippen molar-refractivity contribution in [3.8, 4) is 0 Å². The zero-order chi connectivity index (χ0) is 30.0. The number of carbonyl (C=O) groups excluding carboxylic acids is 3. The van der Waals surface area contributed by atoms with E-state index in [2.05, 4.69) is 37.8 Å². The van der Waals surface area contributed by atoms with Gasteiger partial charge in [-0.3, -0.25) is 14.7 Å². The number of aliphatic imine (C=N–C) groups is 1. The third-order valence-electron chi connectivity index (χ3n) is 7.35. The standard InChI is InChI=1S/C27H28Cl2N8O4S/c1-14-4-6-37(12-14)27(35-30-2)31-10-19(26(40)41-3)33-24(38)22-17(28)8-15-13-36(7-5-16(15)23(22)29)25(39)20-9-18-21(42-20)11-32-34-18/h8-9,11,14,19H,4-7,10,12-13H2,1,3H3,(H,31,35)(H,32,34)(H,33,38)/t14-,19-/m0/s1. The Morgan fingerprint density at radius 2 is 2.12 bits per heavy atom. The van der Waals surface area contributed by atoms with Gasteiger partial charge >= 0.3 is 5.97 Å². The molecular weight excluding hydrogens is 603 g/mol. The molecule has 0 bridgehead atoms. The molecule has 220 valence electrons. The topological polar surface area (TPSA) is 136 Å². The zero-order valence-electron chi connectivity index (χ0n) is 22.9. The Kier molecular flexibility index (Phi) is 8.86. The average Bonchev–Trinajstić information content (AvgIpc) is 3.70. The average molecular weight is 632 g/mol. The highest BCUT2D eigenvalue weighted by Gasteiger charge is 2.31. The summed E-state index contributed by atoms with van der Waals surface area (Å²) in [4.78, 5) is 51.0. The lowest BCUT2D eigenvalue weighted by atomic mass is 9.96. The van der Waals surface area contributed by atoms with Gasteiger partial charge in [0.1, 0.15) is 6.04 Å². The maximum absolute atomic E-state index is 13.4. The van der Waals surface area contributed by atoms with Crippen LogP contribution in [0.4, 0.5) is 0 Å². The lowest BCUT2D eigenvalue weighted by molar-refractivity contribution is -0.142. The van der Waals surface area contributed by atoms with Crippen molar-refractivity contribution >= 4 is 68.5 Å². The van der Waals surface area contributed by atoms with E-state index < -0.39 is 17.9 Å². The molecule has 2 atom stereocenters. The fourth-order valence-corrected chi connectivity index (χ4v) is 6.87. The second-order valence-corrected chi connectivity index (χ2v) is 12.1. The monoisotopic (exact) mass is 630 g/mol. The molecule has 5 rings (SSSR count). The Morgan fingerprint density at radius 1 is 1.31 bits per heavy atom. The van der Waals surface area contributed by atoms with Crippen LogP contribution in [0.25, 0.3) is 15.2 Å². The highest BCUT2D eigenvalue weighted by Crippen LogP contribution is 2.35. The van der Waals surface area contributed by atoms with Crippen molar-refractivity contribution in [2.75, 3.05) is 33.3 Å². The van der Waals surface area contributed by atoms with Gasteiger partial charge in [0, 0.05) is 26.2 Å². The molecule has 1 aromatic carbocycles. The number of guanidine groups is 1. The van der Waals surface area contributed by atoms with Crippen LogP contribution in [0, 0.1) is 12.5 Å². The quantitative estimate of drug-likeness (QED) is 0.125. The van der Waals surface area contributed by atoms with Gasteiger partial charge in [-0.15, -0.1) is 11.3 Å². The van der Waals surface area contributed by atoms with Gasteiger partial charge in [0.15, 0.2) is 0 Å². The molecule has 2 aromatic heterocycles. The summed E-state index contributed by atoms with van der Waals surface area (Å²) in [5.41, 5.74) is 4.85. The highest BCUT2D eigenvalue weighted by molar-refractivity contribution is 7.20. The second kappa shape index (κ2) is 12.6. The van der Waals surface area contributed by atoms with Crippen LogP contribution < -0.4 is 10.7 Å². The van der Waals surface area contributed by atoms with Gasteiger partial charge in [-0.25, -0.2) is 9.79 Å². The number of nitrogens with zero attached hydrogens (tertiary/aromatic N) is 5. The van der Waals surface area contributed by atoms with E-state index in [1.54, 1.807) is 23.2 Å². The molecule has 1 fully saturated rings. The number of hydrogen-bond donors (Lipinski definition) is 3. The van der Waals surface area contributed by atoms with Crippen molar-refractivity contribution in [1.82, 2.24) is 30.7 Å². The number of aromatic nitrogens is 2. The van der Waals surface area contributed by atoms with Gasteiger partial charge in [0.25, 0.3) is 17.8 Å². The van der Waals surface area contributed by atoms with E-state index in [9.17, 15) is 14.4 Å². The van der Waals surface area contributed by atoms with E-state index in [1.165, 1.54) is 18.4 Å². The van der Waals surface area contributed by atoms with Crippen molar-refractivity contribution in [3.63, 3.8) is 0 Å². The van der Waals surface area contributed by atoms with Crippen molar-refractivity contribution < 1.29 is 19.1 Å². The minimum Gasteiger partial charge on any atom is -0.467 e. The number of esters is 1. The summed E-state index contributed by atoms with van der Waals surface area (Å²) in [6.45, 7) is 11.3. The number of nitrogens with one attached hydrogen (secondary N) is 3. The first-order valence-electron chi connectivity index (χ1n) is 13.2. The van der Waals surface area contributed by atoms with E-state index in [4.69, 9.17) is 34.5 Å². The molecule has 42 heavy (non-hydrogen) atoms. The van der Waals surface area contributed by atoms with Crippen LogP contribution in [-0.2, 0) is 22.5 Å². The van der Waals surface area contributed by atoms with Crippen LogP contribution in [-0.4, -0.2) is 83.1 Å². The molecular formula is C27H28Cl2N8O4S. The number of methoxy groups -OCH3 is 1. The fourth-order valence-electron chi connectivity index (χ4n) is 5.16. The largest absolute Gasteiger partial charge is 0.467 e. The number of rotatable bonds is 6. The first kappa shape index (κ1) is 29.6. The molecule has 0 unspecified atom stereocenters. The third kappa shape index (κ3) is 6.01. The van der Waals surface area contributed by atoms with Gasteiger partial charge < -0.3 is 19.9 Å². The Bertz CT molecular complexity index is 1580. The first-order chi connectivity index (χ1) is 20.2. The van der Waals surface area contributed by atoms with Crippen LogP contribution in [0.5, 0.6) is 0 Å². The number of hydrogen-bond acceptors (Lipinski definition) is 7. The number of halogens is 2. The number of H-pyrrole nitrogens is 1. The molecule has 12 nitrogen and oxygen atoms in total. The number of carbonyl (C=O) groups is 3. The SMILES string of the molecule is [C-]#[N+]NC(=NC[C@H](NC(=O)c1c(Cl)cc2c(c1Cl)CCN(C(=O)c1cc3[nH]ncc3s1)C2)C(=O)OC)N1CC[C@H](C)C1. The van der Waals surface area contributed by atoms with Crippen molar-refractivity contribution in [3.05, 3.63) is 61.5 Å². The van der Waals surface area contributed by atoms with Crippen LogP contribution in [0.1, 0.15) is 44.5 Å². The maximum Gasteiger partial charge on any atom is 0.330 e. The molecule has 3 aromatic rings. The number of amides is 2. The van der Waals surface area contributed by atoms with Crippen molar-refractivity contribution in [1.29, 1.82) is 0 Å². The first-order valence-corrected chi connectivity index (χ1v) is 14.8. The smallest absolute Gasteiger partial charge is 0.330 e. The fraction of sp³-hybridized carbons (Fsp3) is 0.407. The molecule has 2 aliphatic rings. The van der Waals surface area contributed by atoms with E-state index in [0.29, 0.717) is 29.7 Å². The highest BCUT2D eigenvalue weighted by atomic mass is 35.5. The Hall–Kier alpha value is -3.86.